The van der Waals surface area contributed by atoms with E-state index in [9.17, 15) is 4.79 Å². The van der Waals surface area contributed by atoms with E-state index in [-0.39, 0.29) is 0 Å². The molecule has 1 aromatic rings. The van der Waals surface area contributed by atoms with E-state index in [4.69, 9.17) is 10.00 Å². The molecule has 0 aliphatic rings. The van der Waals surface area contributed by atoms with Gasteiger partial charge in [-0.3, -0.25) is 0 Å². The van der Waals surface area contributed by atoms with Crippen LogP contribution in [0.15, 0.2) is 18.3 Å². The largest absolute Gasteiger partial charge is 0.444 e. The molecule has 1 heterocycles. The number of rotatable bonds is 5. The standard InChI is InChI=1S/C14H20N4O2/c1-14(2,3)20-13(19)18-7-4-6-16-11-5-8-17-12(9-11)10-15/h5,8-9H,4,6-7H2,1-3H3,(H,16,17)(H,18,19). The summed E-state index contributed by atoms with van der Waals surface area (Å²) in [6.07, 6.45) is 1.93. The Balaban J connectivity index is 2.19. The number of pyridine rings is 1. The van der Waals surface area contributed by atoms with Crippen molar-refractivity contribution in [1.82, 2.24) is 10.3 Å². The number of alkyl carbamates (subject to hydrolysis) is 1. The minimum Gasteiger partial charge on any atom is -0.444 e. The third kappa shape index (κ3) is 6.59. The molecule has 1 rings (SSSR count). The van der Waals surface area contributed by atoms with E-state index in [0.29, 0.717) is 18.8 Å². The van der Waals surface area contributed by atoms with Gasteiger partial charge in [0.25, 0.3) is 0 Å². The van der Waals surface area contributed by atoms with Gasteiger partial charge in [-0.2, -0.15) is 5.26 Å². The van der Waals surface area contributed by atoms with Crippen LogP contribution in [-0.4, -0.2) is 29.8 Å². The quantitative estimate of drug-likeness (QED) is 0.806. The summed E-state index contributed by atoms with van der Waals surface area (Å²) in [4.78, 5) is 15.3. The molecule has 0 saturated carbocycles. The van der Waals surface area contributed by atoms with E-state index >= 15 is 0 Å². The zero-order chi connectivity index (χ0) is 15.0. The van der Waals surface area contributed by atoms with E-state index in [2.05, 4.69) is 15.6 Å². The molecule has 0 radical (unpaired) electrons. The van der Waals surface area contributed by atoms with E-state index < -0.39 is 11.7 Å². The summed E-state index contributed by atoms with van der Waals surface area (Å²) in [5.74, 6) is 0. The molecule has 1 amide bonds. The number of nitrogens with one attached hydrogen (secondary N) is 2. The van der Waals surface area contributed by atoms with E-state index in [1.54, 1.807) is 18.3 Å². The van der Waals surface area contributed by atoms with Gasteiger partial charge in [0, 0.05) is 25.0 Å². The van der Waals surface area contributed by atoms with Crippen LogP contribution in [0.3, 0.4) is 0 Å². The average Bonchev–Trinajstić information content (AvgIpc) is 2.36. The highest BCUT2D eigenvalue weighted by molar-refractivity contribution is 5.67. The van der Waals surface area contributed by atoms with Crippen LogP contribution >= 0.6 is 0 Å². The van der Waals surface area contributed by atoms with Crippen molar-refractivity contribution in [2.24, 2.45) is 0 Å². The smallest absolute Gasteiger partial charge is 0.407 e. The summed E-state index contributed by atoms with van der Waals surface area (Å²) >= 11 is 0. The van der Waals surface area contributed by atoms with Crippen molar-refractivity contribution >= 4 is 11.8 Å². The van der Waals surface area contributed by atoms with Gasteiger partial charge in [-0.25, -0.2) is 9.78 Å². The Morgan fingerprint density at radius 3 is 2.85 bits per heavy atom. The number of hydrogen-bond acceptors (Lipinski definition) is 5. The number of carbonyl (C=O) groups excluding carboxylic acids is 1. The Morgan fingerprint density at radius 1 is 1.45 bits per heavy atom. The molecular weight excluding hydrogens is 256 g/mol. The summed E-state index contributed by atoms with van der Waals surface area (Å²) in [6, 6.07) is 5.46. The maximum Gasteiger partial charge on any atom is 0.407 e. The van der Waals surface area contributed by atoms with Crippen molar-refractivity contribution in [2.45, 2.75) is 32.8 Å². The summed E-state index contributed by atoms with van der Waals surface area (Å²) in [5.41, 5.74) is 0.739. The number of hydrogen-bond donors (Lipinski definition) is 2. The van der Waals surface area contributed by atoms with Crippen LogP contribution in [0.4, 0.5) is 10.5 Å². The molecule has 0 saturated heterocycles. The van der Waals surface area contributed by atoms with Crippen LogP contribution in [-0.2, 0) is 4.74 Å². The lowest BCUT2D eigenvalue weighted by atomic mass is 10.2. The summed E-state index contributed by atoms with van der Waals surface area (Å²) in [5, 5.41) is 14.6. The first kappa shape index (κ1) is 15.8. The Bertz CT molecular complexity index is 489. The Morgan fingerprint density at radius 2 is 2.20 bits per heavy atom. The average molecular weight is 276 g/mol. The SMILES string of the molecule is CC(C)(C)OC(=O)NCCCNc1ccnc(C#N)c1. The van der Waals surface area contributed by atoms with Crippen LogP contribution in [0, 0.1) is 11.3 Å². The minimum absolute atomic E-state index is 0.377. The molecule has 0 aliphatic carbocycles. The first-order valence-electron chi connectivity index (χ1n) is 6.47. The van der Waals surface area contributed by atoms with Crippen LogP contribution in [0.25, 0.3) is 0 Å². The number of amides is 1. The first-order valence-corrected chi connectivity index (χ1v) is 6.47. The minimum atomic E-state index is -0.479. The van der Waals surface area contributed by atoms with Gasteiger partial charge in [-0.1, -0.05) is 0 Å². The second kappa shape index (κ2) is 7.34. The molecule has 0 aliphatic heterocycles. The van der Waals surface area contributed by atoms with Crippen molar-refractivity contribution in [3.63, 3.8) is 0 Å². The molecule has 0 unspecified atom stereocenters. The Kier molecular flexibility index (Phi) is 5.78. The van der Waals surface area contributed by atoms with E-state index in [0.717, 1.165) is 12.1 Å². The van der Waals surface area contributed by atoms with Crippen LogP contribution < -0.4 is 10.6 Å². The molecule has 2 N–H and O–H groups in total. The molecule has 0 bridgehead atoms. The van der Waals surface area contributed by atoms with E-state index in [1.165, 1.54) is 0 Å². The highest BCUT2D eigenvalue weighted by Crippen LogP contribution is 2.07. The normalized spacial score (nSPS) is 10.5. The molecule has 6 heteroatoms. The van der Waals surface area contributed by atoms with Crippen molar-refractivity contribution in [1.29, 1.82) is 5.26 Å². The van der Waals surface area contributed by atoms with Gasteiger partial charge in [0.15, 0.2) is 0 Å². The Labute approximate surface area is 119 Å². The van der Waals surface area contributed by atoms with Crippen molar-refractivity contribution in [2.75, 3.05) is 18.4 Å². The van der Waals surface area contributed by atoms with Crippen LogP contribution in [0.5, 0.6) is 0 Å². The number of anilines is 1. The highest BCUT2D eigenvalue weighted by atomic mass is 16.6. The number of aromatic nitrogens is 1. The monoisotopic (exact) mass is 276 g/mol. The third-order valence-electron chi connectivity index (χ3n) is 2.23. The second-order valence-electron chi connectivity index (χ2n) is 5.25. The first-order chi connectivity index (χ1) is 9.40. The molecule has 0 aromatic carbocycles. The maximum absolute atomic E-state index is 11.4. The lowest BCUT2D eigenvalue weighted by Gasteiger charge is -2.19. The zero-order valence-corrected chi connectivity index (χ0v) is 12.1. The van der Waals surface area contributed by atoms with Crippen molar-refractivity contribution in [3.8, 4) is 6.07 Å². The summed E-state index contributed by atoms with van der Waals surface area (Å²) < 4.78 is 5.12. The van der Waals surface area contributed by atoms with Gasteiger partial charge < -0.3 is 15.4 Å². The fourth-order valence-electron chi connectivity index (χ4n) is 1.43. The number of ether oxygens (including phenoxy) is 1. The fourth-order valence-corrected chi connectivity index (χ4v) is 1.43. The molecule has 6 nitrogen and oxygen atoms in total. The topological polar surface area (TPSA) is 87.0 Å². The predicted molar refractivity (Wildman–Crippen MR) is 76.3 cm³/mol. The van der Waals surface area contributed by atoms with Crippen LogP contribution in [0.2, 0.25) is 0 Å². The van der Waals surface area contributed by atoms with Gasteiger partial charge in [0.1, 0.15) is 17.4 Å². The second-order valence-corrected chi connectivity index (χ2v) is 5.25. The van der Waals surface area contributed by atoms with Crippen LogP contribution in [0.1, 0.15) is 32.9 Å². The molecular formula is C14H20N4O2. The van der Waals surface area contributed by atoms with Gasteiger partial charge in [0.2, 0.25) is 0 Å². The lowest BCUT2D eigenvalue weighted by molar-refractivity contribution is 0.0528. The number of nitrogens with zero attached hydrogens (tertiary/aromatic N) is 2. The molecule has 108 valence electrons. The zero-order valence-electron chi connectivity index (χ0n) is 12.1. The van der Waals surface area contributed by atoms with E-state index in [1.807, 2.05) is 26.8 Å². The predicted octanol–water partition coefficient (Wildman–Crippen LogP) is 2.28. The number of carbonyl (C=O) groups is 1. The van der Waals surface area contributed by atoms with Gasteiger partial charge in [-0.15, -0.1) is 0 Å². The van der Waals surface area contributed by atoms with Gasteiger partial charge >= 0.3 is 6.09 Å². The molecule has 0 atom stereocenters. The molecule has 1 aromatic heterocycles. The Hall–Kier alpha value is -2.29. The molecule has 0 spiro atoms. The van der Waals surface area contributed by atoms with Crippen molar-refractivity contribution in [3.05, 3.63) is 24.0 Å². The third-order valence-corrected chi connectivity index (χ3v) is 2.23. The summed E-state index contributed by atoms with van der Waals surface area (Å²) in [6.45, 7) is 6.68. The maximum atomic E-state index is 11.4. The number of nitriles is 1. The van der Waals surface area contributed by atoms with Crippen molar-refractivity contribution < 1.29 is 9.53 Å². The fraction of sp³-hybridized carbons (Fsp3) is 0.500. The molecule has 20 heavy (non-hydrogen) atoms. The molecule has 0 fully saturated rings. The van der Waals surface area contributed by atoms with Gasteiger partial charge in [0.05, 0.1) is 0 Å². The van der Waals surface area contributed by atoms with Gasteiger partial charge in [-0.05, 0) is 39.3 Å². The lowest BCUT2D eigenvalue weighted by Crippen LogP contribution is -2.33. The highest BCUT2D eigenvalue weighted by Gasteiger charge is 2.15. The summed E-state index contributed by atoms with van der Waals surface area (Å²) in [7, 11) is 0.